The summed E-state index contributed by atoms with van der Waals surface area (Å²) in [5.74, 6) is 0.499. The highest BCUT2D eigenvalue weighted by atomic mass is 16.1. The van der Waals surface area contributed by atoms with Crippen LogP contribution in [0.25, 0.3) is 0 Å². The van der Waals surface area contributed by atoms with Crippen molar-refractivity contribution in [3.8, 4) is 0 Å². The second-order valence-electron chi connectivity index (χ2n) is 5.93. The van der Waals surface area contributed by atoms with Crippen LogP contribution in [0, 0.1) is 5.92 Å². The summed E-state index contributed by atoms with van der Waals surface area (Å²) in [6, 6.07) is 18.5. The molecule has 21 heavy (non-hydrogen) atoms. The zero-order valence-corrected chi connectivity index (χ0v) is 12.5. The van der Waals surface area contributed by atoms with Gasteiger partial charge in [0.15, 0.2) is 5.78 Å². The summed E-state index contributed by atoms with van der Waals surface area (Å²) >= 11 is 0. The van der Waals surface area contributed by atoms with Crippen molar-refractivity contribution in [3.63, 3.8) is 0 Å². The molecule has 2 aromatic carbocycles. The third-order valence-electron chi connectivity index (χ3n) is 4.27. The van der Waals surface area contributed by atoms with Crippen LogP contribution in [-0.2, 0) is 13.0 Å². The van der Waals surface area contributed by atoms with E-state index in [1.165, 1.54) is 11.1 Å². The Labute approximate surface area is 126 Å². The van der Waals surface area contributed by atoms with Gasteiger partial charge in [-0.3, -0.25) is 4.79 Å². The minimum Gasteiger partial charge on any atom is -0.302 e. The molecule has 2 heteroatoms. The lowest BCUT2D eigenvalue weighted by Crippen LogP contribution is -2.23. The van der Waals surface area contributed by atoms with Crippen LogP contribution >= 0.6 is 0 Å². The van der Waals surface area contributed by atoms with E-state index in [-0.39, 0.29) is 5.92 Å². The lowest BCUT2D eigenvalue weighted by molar-refractivity contribution is 0.0923. The molecule has 0 saturated heterocycles. The van der Waals surface area contributed by atoms with Gasteiger partial charge in [0.1, 0.15) is 0 Å². The highest BCUT2D eigenvalue weighted by molar-refractivity contribution is 6.02. The van der Waals surface area contributed by atoms with Crippen molar-refractivity contribution in [1.29, 1.82) is 0 Å². The summed E-state index contributed by atoms with van der Waals surface area (Å²) < 4.78 is 0. The number of carbonyl (C=O) groups excluding carboxylic acids is 1. The highest BCUT2D eigenvalue weighted by Crippen LogP contribution is 2.28. The normalized spacial score (nSPS) is 17.2. The lowest BCUT2D eigenvalue weighted by Gasteiger charge is -2.18. The van der Waals surface area contributed by atoms with Crippen molar-refractivity contribution < 1.29 is 4.79 Å². The summed E-state index contributed by atoms with van der Waals surface area (Å²) in [5.41, 5.74) is 3.48. The van der Waals surface area contributed by atoms with Crippen molar-refractivity contribution in [2.75, 3.05) is 13.6 Å². The second kappa shape index (κ2) is 6.23. The number of rotatable bonds is 5. The number of fused-ring (bicyclic) bond motifs is 1. The molecule has 3 rings (SSSR count). The van der Waals surface area contributed by atoms with E-state index in [4.69, 9.17) is 0 Å². The van der Waals surface area contributed by atoms with Gasteiger partial charge in [0.2, 0.25) is 0 Å². The van der Waals surface area contributed by atoms with E-state index in [1.54, 1.807) is 0 Å². The maximum Gasteiger partial charge on any atom is 0.166 e. The van der Waals surface area contributed by atoms with Crippen molar-refractivity contribution in [2.24, 2.45) is 5.92 Å². The predicted octanol–water partition coefficient (Wildman–Crippen LogP) is 3.56. The fourth-order valence-electron chi connectivity index (χ4n) is 3.10. The Morgan fingerprint density at radius 2 is 1.76 bits per heavy atom. The maximum atomic E-state index is 12.3. The Morgan fingerprint density at radius 3 is 2.52 bits per heavy atom. The van der Waals surface area contributed by atoms with E-state index in [1.807, 2.05) is 24.3 Å². The quantitative estimate of drug-likeness (QED) is 0.834. The first-order valence-corrected chi connectivity index (χ1v) is 7.58. The van der Waals surface area contributed by atoms with Crippen LogP contribution in [0.5, 0.6) is 0 Å². The van der Waals surface area contributed by atoms with Gasteiger partial charge in [-0.25, -0.2) is 0 Å². The average molecular weight is 279 g/mol. The molecule has 0 fully saturated rings. The Kier molecular flexibility index (Phi) is 4.16. The number of nitrogens with zero attached hydrogens (tertiary/aromatic N) is 1. The first-order chi connectivity index (χ1) is 10.2. The molecule has 0 radical (unpaired) electrons. The maximum absolute atomic E-state index is 12.3. The molecule has 0 N–H and O–H groups in total. The van der Waals surface area contributed by atoms with Crippen LogP contribution in [0.3, 0.4) is 0 Å². The molecular weight excluding hydrogens is 258 g/mol. The summed E-state index contributed by atoms with van der Waals surface area (Å²) in [6.07, 6.45) is 1.85. The number of hydrogen-bond acceptors (Lipinski definition) is 2. The zero-order chi connectivity index (χ0) is 14.7. The van der Waals surface area contributed by atoms with Crippen LogP contribution in [0.4, 0.5) is 0 Å². The molecule has 2 aromatic rings. The third kappa shape index (κ3) is 3.22. The zero-order valence-electron chi connectivity index (χ0n) is 12.5. The van der Waals surface area contributed by atoms with Crippen molar-refractivity contribution in [1.82, 2.24) is 4.90 Å². The van der Waals surface area contributed by atoms with Gasteiger partial charge in [-0.05, 0) is 37.6 Å². The minimum atomic E-state index is 0.167. The first kappa shape index (κ1) is 14.0. The fourth-order valence-corrected chi connectivity index (χ4v) is 3.10. The number of hydrogen-bond donors (Lipinski definition) is 0. The topological polar surface area (TPSA) is 20.3 Å². The molecule has 1 aliphatic rings. The van der Waals surface area contributed by atoms with E-state index >= 15 is 0 Å². The van der Waals surface area contributed by atoms with Gasteiger partial charge in [-0.2, -0.15) is 0 Å². The minimum absolute atomic E-state index is 0.167. The molecule has 1 aliphatic carbocycles. The van der Waals surface area contributed by atoms with Gasteiger partial charge in [-0.15, -0.1) is 0 Å². The molecule has 0 aliphatic heterocycles. The van der Waals surface area contributed by atoms with Gasteiger partial charge in [0.05, 0.1) is 0 Å². The summed E-state index contributed by atoms with van der Waals surface area (Å²) in [6.45, 7) is 1.90. The molecular formula is C19H21NO. The molecule has 0 bridgehead atoms. The van der Waals surface area contributed by atoms with E-state index in [0.717, 1.165) is 31.5 Å². The van der Waals surface area contributed by atoms with Gasteiger partial charge in [0, 0.05) is 18.0 Å². The number of ketones is 1. The van der Waals surface area contributed by atoms with E-state index in [2.05, 4.69) is 42.3 Å². The van der Waals surface area contributed by atoms with Crippen molar-refractivity contribution in [3.05, 3.63) is 71.3 Å². The standard InChI is InChI=1S/C19H21NO/c1-20(14-15-7-3-2-4-8-15)12-11-17-13-16-9-5-6-10-18(16)19(17)21/h2-10,17H,11-14H2,1H3/t17-/m1/s1. The van der Waals surface area contributed by atoms with Gasteiger partial charge in [0.25, 0.3) is 0 Å². The number of Topliss-reactive ketones (excluding diaryl/α,β-unsaturated/α-hetero) is 1. The Morgan fingerprint density at radius 1 is 1.05 bits per heavy atom. The van der Waals surface area contributed by atoms with Gasteiger partial charge >= 0.3 is 0 Å². The molecule has 1 atom stereocenters. The highest BCUT2D eigenvalue weighted by Gasteiger charge is 2.29. The van der Waals surface area contributed by atoms with E-state index in [9.17, 15) is 4.79 Å². The second-order valence-corrected chi connectivity index (χ2v) is 5.93. The molecule has 0 saturated carbocycles. The molecule has 0 spiro atoms. The monoisotopic (exact) mass is 279 g/mol. The summed E-state index contributed by atoms with van der Waals surface area (Å²) in [5, 5.41) is 0. The Hall–Kier alpha value is -1.93. The lowest BCUT2D eigenvalue weighted by atomic mass is 10.0. The van der Waals surface area contributed by atoms with E-state index in [0.29, 0.717) is 5.78 Å². The van der Waals surface area contributed by atoms with Crippen LogP contribution in [-0.4, -0.2) is 24.3 Å². The van der Waals surface area contributed by atoms with Gasteiger partial charge < -0.3 is 4.90 Å². The average Bonchev–Trinajstić information content (AvgIpc) is 2.83. The van der Waals surface area contributed by atoms with E-state index < -0.39 is 0 Å². The molecule has 0 unspecified atom stereocenters. The summed E-state index contributed by atoms with van der Waals surface area (Å²) in [4.78, 5) is 14.6. The molecule has 2 nitrogen and oxygen atoms in total. The third-order valence-corrected chi connectivity index (χ3v) is 4.27. The molecule has 0 heterocycles. The fraction of sp³-hybridized carbons (Fsp3) is 0.316. The van der Waals surface area contributed by atoms with Crippen LogP contribution in [0.2, 0.25) is 0 Å². The van der Waals surface area contributed by atoms with Crippen LogP contribution < -0.4 is 0 Å². The van der Waals surface area contributed by atoms with Gasteiger partial charge in [-0.1, -0.05) is 54.6 Å². The largest absolute Gasteiger partial charge is 0.302 e. The SMILES string of the molecule is CN(CC[C@@H]1Cc2ccccc2C1=O)Cc1ccccc1. The molecule has 0 amide bonds. The number of carbonyl (C=O) groups is 1. The predicted molar refractivity (Wildman–Crippen MR) is 85.4 cm³/mol. The van der Waals surface area contributed by atoms with Crippen molar-refractivity contribution in [2.45, 2.75) is 19.4 Å². The van der Waals surface area contributed by atoms with Crippen LogP contribution in [0.15, 0.2) is 54.6 Å². The van der Waals surface area contributed by atoms with Crippen LogP contribution in [0.1, 0.15) is 27.9 Å². The molecule has 0 aromatic heterocycles. The smallest absolute Gasteiger partial charge is 0.166 e. The Balaban J connectivity index is 1.54. The Bertz CT molecular complexity index is 620. The number of benzene rings is 2. The van der Waals surface area contributed by atoms with Crippen molar-refractivity contribution >= 4 is 5.78 Å². The summed E-state index contributed by atoms with van der Waals surface area (Å²) in [7, 11) is 2.12. The molecule has 108 valence electrons. The first-order valence-electron chi connectivity index (χ1n) is 7.58.